The number of urea groups is 1. The molecule has 0 aromatic carbocycles. The van der Waals surface area contributed by atoms with E-state index in [1.165, 1.54) is 0 Å². The number of carbonyl (C=O) groups excluding carboxylic acids is 1. The van der Waals surface area contributed by atoms with Gasteiger partial charge in [-0.05, 0) is 32.1 Å². The number of aliphatic carboxylic acids is 1. The van der Waals surface area contributed by atoms with Gasteiger partial charge in [-0.1, -0.05) is 25.7 Å². The highest BCUT2D eigenvalue weighted by Gasteiger charge is 2.41. The summed E-state index contributed by atoms with van der Waals surface area (Å²) in [7, 11) is 0. The number of amides is 2. The number of carbonyl (C=O) groups is 2. The lowest BCUT2D eigenvalue weighted by Crippen LogP contribution is -2.58. The molecule has 1 aliphatic carbocycles. The van der Waals surface area contributed by atoms with Crippen molar-refractivity contribution in [1.82, 2.24) is 10.2 Å². The molecule has 2 aliphatic rings. The zero-order chi connectivity index (χ0) is 13.7. The molecule has 0 unspecified atom stereocenters. The van der Waals surface area contributed by atoms with Crippen LogP contribution in [0.4, 0.5) is 4.79 Å². The normalized spacial score (nSPS) is 23.5. The first kappa shape index (κ1) is 14.2. The molecule has 5 heteroatoms. The molecule has 2 N–H and O–H groups in total. The quantitative estimate of drug-likeness (QED) is 0.755. The van der Waals surface area contributed by atoms with Crippen molar-refractivity contribution < 1.29 is 14.7 Å². The number of carboxylic acids is 1. The van der Waals surface area contributed by atoms with Crippen molar-refractivity contribution in [1.29, 1.82) is 0 Å². The zero-order valence-electron chi connectivity index (χ0n) is 11.5. The Balaban J connectivity index is 2.02. The molecule has 0 aromatic rings. The topological polar surface area (TPSA) is 69.6 Å². The van der Waals surface area contributed by atoms with Gasteiger partial charge in [-0.3, -0.25) is 0 Å². The van der Waals surface area contributed by atoms with Crippen LogP contribution in [0.5, 0.6) is 0 Å². The van der Waals surface area contributed by atoms with Gasteiger partial charge in [0, 0.05) is 13.1 Å². The van der Waals surface area contributed by atoms with Crippen LogP contribution < -0.4 is 5.32 Å². The Hall–Kier alpha value is -1.26. The highest BCUT2D eigenvalue weighted by molar-refractivity contribution is 5.86. The summed E-state index contributed by atoms with van der Waals surface area (Å²) in [5, 5.41) is 12.4. The van der Waals surface area contributed by atoms with Crippen molar-refractivity contribution in [3.8, 4) is 0 Å². The second kappa shape index (κ2) is 6.26. The molecular weight excluding hydrogens is 244 g/mol. The van der Waals surface area contributed by atoms with E-state index >= 15 is 0 Å². The van der Waals surface area contributed by atoms with Crippen molar-refractivity contribution in [2.45, 2.75) is 63.3 Å². The Morgan fingerprint density at radius 3 is 1.95 bits per heavy atom. The number of hydrogen-bond acceptors (Lipinski definition) is 2. The van der Waals surface area contributed by atoms with Gasteiger partial charge in [-0.15, -0.1) is 0 Å². The molecule has 1 aliphatic heterocycles. The maximum atomic E-state index is 12.2. The molecular formula is C14H24N2O3. The van der Waals surface area contributed by atoms with Gasteiger partial charge in [-0.2, -0.15) is 0 Å². The van der Waals surface area contributed by atoms with Crippen molar-refractivity contribution in [2.24, 2.45) is 0 Å². The largest absolute Gasteiger partial charge is 0.480 e. The maximum Gasteiger partial charge on any atom is 0.329 e. The van der Waals surface area contributed by atoms with E-state index in [4.69, 9.17) is 0 Å². The van der Waals surface area contributed by atoms with Gasteiger partial charge in [0.2, 0.25) is 0 Å². The number of piperidine rings is 1. The average Bonchev–Trinajstić information content (AvgIpc) is 2.66. The van der Waals surface area contributed by atoms with E-state index in [1.807, 2.05) is 0 Å². The van der Waals surface area contributed by atoms with Crippen LogP contribution >= 0.6 is 0 Å². The van der Waals surface area contributed by atoms with Gasteiger partial charge < -0.3 is 15.3 Å². The third-order valence-corrected chi connectivity index (χ3v) is 4.36. The van der Waals surface area contributed by atoms with E-state index in [-0.39, 0.29) is 6.03 Å². The van der Waals surface area contributed by atoms with Crippen LogP contribution in [0.3, 0.4) is 0 Å². The van der Waals surface area contributed by atoms with Crippen molar-refractivity contribution in [3.63, 3.8) is 0 Å². The van der Waals surface area contributed by atoms with Crippen molar-refractivity contribution in [2.75, 3.05) is 13.1 Å². The Bertz CT molecular complexity index is 330. The summed E-state index contributed by atoms with van der Waals surface area (Å²) in [6.07, 6.45) is 8.21. The molecule has 108 valence electrons. The molecule has 2 fully saturated rings. The fourth-order valence-electron chi connectivity index (χ4n) is 3.11. The number of hydrogen-bond donors (Lipinski definition) is 2. The molecule has 0 radical (unpaired) electrons. The van der Waals surface area contributed by atoms with E-state index in [0.717, 1.165) is 58.0 Å². The summed E-state index contributed by atoms with van der Waals surface area (Å²) in [6.45, 7) is 1.50. The molecule has 2 rings (SSSR count). The van der Waals surface area contributed by atoms with Crippen LogP contribution in [-0.2, 0) is 4.79 Å². The Morgan fingerprint density at radius 1 is 0.895 bits per heavy atom. The van der Waals surface area contributed by atoms with Crippen LogP contribution in [0.15, 0.2) is 0 Å². The smallest absolute Gasteiger partial charge is 0.329 e. The van der Waals surface area contributed by atoms with Crippen LogP contribution in [0.1, 0.15) is 57.8 Å². The highest BCUT2D eigenvalue weighted by atomic mass is 16.4. The number of nitrogens with zero attached hydrogens (tertiary/aromatic N) is 1. The molecule has 1 saturated carbocycles. The Kier molecular flexibility index (Phi) is 4.66. The van der Waals surface area contributed by atoms with Gasteiger partial charge in [-0.25, -0.2) is 9.59 Å². The first-order valence-corrected chi connectivity index (χ1v) is 7.45. The third kappa shape index (κ3) is 3.39. The lowest BCUT2D eigenvalue weighted by Gasteiger charge is -2.34. The predicted octanol–water partition coefficient (Wildman–Crippen LogP) is 2.36. The lowest BCUT2D eigenvalue weighted by molar-refractivity contribution is -0.145. The third-order valence-electron chi connectivity index (χ3n) is 4.36. The Labute approximate surface area is 114 Å². The molecule has 2 amide bonds. The minimum absolute atomic E-state index is 0.191. The minimum Gasteiger partial charge on any atom is -0.480 e. The molecule has 1 heterocycles. The van der Waals surface area contributed by atoms with E-state index in [9.17, 15) is 14.7 Å². The second-order valence-corrected chi connectivity index (χ2v) is 5.78. The summed E-state index contributed by atoms with van der Waals surface area (Å²) >= 11 is 0. The van der Waals surface area contributed by atoms with Gasteiger partial charge in [0.1, 0.15) is 5.54 Å². The van der Waals surface area contributed by atoms with E-state index in [1.54, 1.807) is 4.90 Å². The van der Waals surface area contributed by atoms with Gasteiger partial charge in [0.25, 0.3) is 0 Å². The van der Waals surface area contributed by atoms with Gasteiger partial charge >= 0.3 is 12.0 Å². The number of likely N-dealkylation sites (tertiary alicyclic amines) is 1. The van der Waals surface area contributed by atoms with Crippen LogP contribution in [0.25, 0.3) is 0 Å². The standard InChI is InChI=1S/C14H24N2O3/c17-12(18)14(8-4-1-2-5-9-14)15-13(19)16-10-6-3-7-11-16/h1-11H2,(H,15,19)(H,17,18). The van der Waals surface area contributed by atoms with E-state index in [2.05, 4.69) is 5.32 Å². The number of rotatable bonds is 2. The summed E-state index contributed by atoms with van der Waals surface area (Å²) in [5.41, 5.74) is -1.04. The van der Waals surface area contributed by atoms with Crippen molar-refractivity contribution >= 4 is 12.0 Å². The molecule has 5 nitrogen and oxygen atoms in total. The van der Waals surface area contributed by atoms with Crippen molar-refractivity contribution in [3.05, 3.63) is 0 Å². The first-order chi connectivity index (χ1) is 9.14. The van der Waals surface area contributed by atoms with Crippen LogP contribution in [0, 0.1) is 0 Å². The molecule has 0 bridgehead atoms. The summed E-state index contributed by atoms with van der Waals surface area (Å²) in [5.74, 6) is -0.875. The number of nitrogens with one attached hydrogen (secondary N) is 1. The minimum atomic E-state index is -1.04. The fraction of sp³-hybridized carbons (Fsp3) is 0.857. The van der Waals surface area contributed by atoms with Gasteiger partial charge in [0.15, 0.2) is 0 Å². The average molecular weight is 268 g/mol. The first-order valence-electron chi connectivity index (χ1n) is 7.45. The molecule has 0 atom stereocenters. The second-order valence-electron chi connectivity index (χ2n) is 5.78. The summed E-state index contributed by atoms with van der Waals surface area (Å²) < 4.78 is 0. The maximum absolute atomic E-state index is 12.2. The fourth-order valence-corrected chi connectivity index (χ4v) is 3.11. The monoisotopic (exact) mass is 268 g/mol. The molecule has 1 saturated heterocycles. The van der Waals surface area contributed by atoms with Crippen LogP contribution in [-0.4, -0.2) is 40.6 Å². The predicted molar refractivity (Wildman–Crippen MR) is 72.0 cm³/mol. The van der Waals surface area contributed by atoms with E-state index < -0.39 is 11.5 Å². The lowest BCUT2D eigenvalue weighted by atomic mass is 9.90. The van der Waals surface area contributed by atoms with Gasteiger partial charge in [0.05, 0.1) is 0 Å². The summed E-state index contributed by atoms with van der Waals surface area (Å²) in [6, 6.07) is -0.191. The molecule has 19 heavy (non-hydrogen) atoms. The molecule has 0 aromatic heterocycles. The van der Waals surface area contributed by atoms with E-state index in [0.29, 0.717) is 12.8 Å². The number of carboxylic acid groups (broad SMARTS) is 1. The van der Waals surface area contributed by atoms with Crippen LogP contribution in [0.2, 0.25) is 0 Å². The summed E-state index contributed by atoms with van der Waals surface area (Å²) in [4.78, 5) is 25.6. The SMILES string of the molecule is O=C(NC1(C(=O)O)CCCCCC1)N1CCCCC1. The zero-order valence-corrected chi connectivity index (χ0v) is 11.5. The highest BCUT2D eigenvalue weighted by Crippen LogP contribution is 2.28. The Morgan fingerprint density at radius 2 is 1.42 bits per heavy atom. The molecule has 0 spiro atoms.